The Morgan fingerprint density at radius 3 is 2.60 bits per heavy atom. The molecule has 112 valence electrons. The van der Waals surface area contributed by atoms with Gasteiger partial charge in [0.05, 0.1) is 5.02 Å². The molecule has 0 aromatic heterocycles. The highest BCUT2D eigenvalue weighted by Crippen LogP contribution is 2.30. The Morgan fingerprint density at radius 1 is 1.35 bits per heavy atom. The Hall–Kier alpha value is -0.800. The van der Waals surface area contributed by atoms with Gasteiger partial charge in [-0.2, -0.15) is 0 Å². The number of hydrogen-bond acceptors (Lipinski definition) is 2. The molecule has 0 bridgehead atoms. The van der Waals surface area contributed by atoms with Gasteiger partial charge in [-0.25, -0.2) is 4.39 Å². The van der Waals surface area contributed by atoms with Gasteiger partial charge in [0.1, 0.15) is 5.82 Å². The summed E-state index contributed by atoms with van der Waals surface area (Å²) in [6, 6.07) is 5.49. The van der Waals surface area contributed by atoms with Gasteiger partial charge in [0, 0.05) is 30.4 Å². The molecule has 1 unspecified atom stereocenters. The van der Waals surface area contributed by atoms with Gasteiger partial charge in [-0.15, -0.1) is 0 Å². The second-order valence-electron chi connectivity index (χ2n) is 5.66. The molecule has 1 aliphatic heterocycles. The minimum Gasteiger partial charge on any atom is -0.365 e. The van der Waals surface area contributed by atoms with Crippen LogP contribution in [0.2, 0.25) is 5.02 Å². The fourth-order valence-electron chi connectivity index (χ4n) is 3.01. The quantitative estimate of drug-likeness (QED) is 0.895. The molecule has 20 heavy (non-hydrogen) atoms. The summed E-state index contributed by atoms with van der Waals surface area (Å²) in [5.74, 6) is -0.351. The van der Waals surface area contributed by atoms with Crippen LogP contribution in [0, 0.1) is 5.82 Å². The van der Waals surface area contributed by atoms with Gasteiger partial charge >= 0.3 is 0 Å². The van der Waals surface area contributed by atoms with E-state index in [-0.39, 0.29) is 16.4 Å². The summed E-state index contributed by atoms with van der Waals surface area (Å²) < 4.78 is 13.4. The first-order valence-corrected chi connectivity index (χ1v) is 7.89. The van der Waals surface area contributed by atoms with Crippen molar-refractivity contribution in [1.82, 2.24) is 5.32 Å². The first-order valence-electron chi connectivity index (χ1n) is 7.52. The minimum absolute atomic E-state index is 0.145. The van der Waals surface area contributed by atoms with Crippen LogP contribution < -0.4 is 10.2 Å². The molecular weight excluding hydrogens is 275 g/mol. The second-order valence-corrected chi connectivity index (χ2v) is 6.06. The van der Waals surface area contributed by atoms with Gasteiger partial charge in [0.2, 0.25) is 0 Å². The average Bonchev–Trinajstić information content (AvgIpc) is 2.49. The largest absolute Gasteiger partial charge is 0.365 e. The smallest absolute Gasteiger partial charge is 0.141 e. The predicted molar refractivity (Wildman–Crippen MR) is 84.2 cm³/mol. The summed E-state index contributed by atoms with van der Waals surface area (Å²) in [5, 5.41) is 3.91. The van der Waals surface area contributed by atoms with Crippen molar-refractivity contribution in [2.75, 3.05) is 18.0 Å². The van der Waals surface area contributed by atoms with Crippen molar-refractivity contribution in [3.63, 3.8) is 0 Å². The summed E-state index contributed by atoms with van der Waals surface area (Å²) in [7, 11) is 0. The van der Waals surface area contributed by atoms with Gasteiger partial charge < -0.3 is 10.2 Å². The van der Waals surface area contributed by atoms with Crippen LogP contribution in [0.4, 0.5) is 10.1 Å². The van der Waals surface area contributed by atoms with Crippen molar-refractivity contribution in [3.8, 4) is 0 Å². The fourth-order valence-corrected chi connectivity index (χ4v) is 3.18. The van der Waals surface area contributed by atoms with Crippen LogP contribution >= 0.6 is 11.6 Å². The van der Waals surface area contributed by atoms with E-state index < -0.39 is 0 Å². The number of hydrogen-bond donors (Lipinski definition) is 1. The standard InChI is InChI=1S/C16H24ClFN2/c1-4-12-10-19-16(5-2,6-3)11-20(12)13-7-8-15(18)14(17)9-13/h7-9,12,19H,4-6,10-11H2,1-3H3. The lowest BCUT2D eigenvalue weighted by atomic mass is 9.87. The highest BCUT2D eigenvalue weighted by atomic mass is 35.5. The van der Waals surface area contributed by atoms with E-state index in [0.717, 1.165) is 38.0 Å². The van der Waals surface area contributed by atoms with Crippen molar-refractivity contribution in [2.45, 2.75) is 51.6 Å². The third kappa shape index (κ3) is 2.94. The van der Waals surface area contributed by atoms with E-state index in [2.05, 4.69) is 31.0 Å². The molecule has 2 rings (SSSR count). The zero-order valence-electron chi connectivity index (χ0n) is 12.5. The van der Waals surface area contributed by atoms with Crippen LogP contribution in [0.3, 0.4) is 0 Å². The first kappa shape index (κ1) is 15.6. The van der Waals surface area contributed by atoms with Crippen LogP contribution in [-0.4, -0.2) is 24.7 Å². The molecule has 4 heteroatoms. The van der Waals surface area contributed by atoms with Gasteiger partial charge in [-0.3, -0.25) is 0 Å². The number of halogens is 2. The number of piperazine rings is 1. The second kappa shape index (κ2) is 6.31. The van der Waals surface area contributed by atoms with Crippen molar-refractivity contribution < 1.29 is 4.39 Å². The monoisotopic (exact) mass is 298 g/mol. The Labute approximate surface area is 126 Å². The van der Waals surface area contributed by atoms with Crippen LogP contribution in [0.5, 0.6) is 0 Å². The molecule has 1 aromatic rings. The summed E-state index contributed by atoms with van der Waals surface area (Å²) >= 11 is 5.95. The molecular formula is C16H24ClFN2. The zero-order valence-corrected chi connectivity index (χ0v) is 13.3. The third-order valence-electron chi connectivity index (χ3n) is 4.69. The van der Waals surface area contributed by atoms with Gasteiger partial charge in [-0.05, 0) is 37.5 Å². The molecule has 1 saturated heterocycles. The maximum atomic E-state index is 13.4. The maximum absolute atomic E-state index is 13.4. The lowest BCUT2D eigenvalue weighted by Crippen LogP contribution is -2.64. The Kier molecular flexibility index (Phi) is 4.92. The fraction of sp³-hybridized carbons (Fsp3) is 0.625. The molecule has 0 amide bonds. The number of rotatable bonds is 4. The predicted octanol–water partition coefficient (Wildman–Crippen LogP) is 4.23. The van der Waals surface area contributed by atoms with E-state index in [1.165, 1.54) is 6.07 Å². The topological polar surface area (TPSA) is 15.3 Å². The molecule has 1 atom stereocenters. The molecule has 1 aliphatic rings. The van der Waals surface area contributed by atoms with Crippen molar-refractivity contribution in [3.05, 3.63) is 29.0 Å². The summed E-state index contributed by atoms with van der Waals surface area (Å²) in [4.78, 5) is 2.38. The van der Waals surface area contributed by atoms with Gasteiger partial charge in [-0.1, -0.05) is 32.4 Å². The third-order valence-corrected chi connectivity index (χ3v) is 4.98. The normalized spacial score (nSPS) is 22.1. The van der Waals surface area contributed by atoms with E-state index in [0.29, 0.717) is 6.04 Å². The van der Waals surface area contributed by atoms with E-state index in [4.69, 9.17) is 11.6 Å². The lowest BCUT2D eigenvalue weighted by molar-refractivity contribution is 0.246. The van der Waals surface area contributed by atoms with Crippen LogP contribution in [0.25, 0.3) is 0 Å². The summed E-state index contributed by atoms with van der Waals surface area (Å²) in [6.45, 7) is 8.54. The van der Waals surface area contributed by atoms with Crippen molar-refractivity contribution in [2.24, 2.45) is 0 Å². The van der Waals surface area contributed by atoms with Crippen LogP contribution in [-0.2, 0) is 0 Å². The highest BCUT2D eigenvalue weighted by molar-refractivity contribution is 6.31. The number of nitrogens with zero attached hydrogens (tertiary/aromatic N) is 1. The van der Waals surface area contributed by atoms with Crippen LogP contribution in [0.15, 0.2) is 18.2 Å². The number of anilines is 1. The molecule has 0 aliphatic carbocycles. The zero-order chi connectivity index (χ0) is 14.8. The summed E-state index contributed by atoms with van der Waals surface area (Å²) in [6.07, 6.45) is 3.24. The Morgan fingerprint density at radius 2 is 2.05 bits per heavy atom. The van der Waals surface area contributed by atoms with Gasteiger partial charge in [0.15, 0.2) is 0 Å². The van der Waals surface area contributed by atoms with E-state index in [1.807, 2.05) is 6.07 Å². The molecule has 1 aromatic carbocycles. The number of nitrogens with one attached hydrogen (secondary N) is 1. The molecule has 0 saturated carbocycles. The lowest BCUT2D eigenvalue weighted by Gasteiger charge is -2.48. The SMILES string of the molecule is CCC1CNC(CC)(CC)CN1c1ccc(F)c(Cl)c1. The molecule has 0 spiro atoms. The van der Waals surface area contributed by atoms with E-state index in [9.17, 15) is 4.39 Å². The van der Waals surface area contributed by atoms with E-state index in [1.54, 1.807) is 6.07 Å². The molecule has 0 radical (unpaired) electrons. The Balaban J connectivity index is 2.31. The average molecular weight is 299 g/mol. The highest BCUT2D eigenvalue weighted by Gasteiger charge is 2.36. The van der Waals surface area contributed by atoms with Crippen molar-refractivity contribution >= 4 is 17.3 Å². The number of benzene rings is 1. The molecule has 1 N–H and O–H groups in total. The first-order chi connectivity index (χ1) is 9.55. The van der Waals surface area contributed by atoms with Crippen LogP contribution in [0.1, 0.15) is 40.0 Å². The molecule has 1 heterocycles. The molecule has 2 nitrogen and oxygen atoms in total. The Bertz CT molecular complexity index is 460. The summed E-state index contributed by atoms with van der Waals surface area (Å²) in [5.41, 5.74) is 1.17. The molecule has 1 fully saturated rings. The minimum atomic E-state index is -0.351. The van der Waals surface area contributed by atoms with Crippen molar-refractivity contribution in [1.29, 1.82) is 0 Å². The van der Waals surface area contributed by atoms with Gasteiger partial charge in [0.25, 0.3) is 0 Å². The van der Waals surface area contributed by atoms with E-state index >= 15 is 0 Å². The maximum Gasteiger partial charge on any atom is 0.141 e.